The normalized spacial score (nSPS) is 19.2. The summed E-state index contributed by atoms with van der Waals surface area (Å²) in [5, 5.41) is 4.83. The van der Waals surface area contributed by atoms with Gasteiger partial charge in [-0.1, -0.05) is 30.3 Å². The topological polar surface area (TPSA) is 114 Å². The van der Waals surface area contributed by atoms with Gasteiger partial charge >= 0.3 is 12.2 Å². The SMILES string of the molecule is COc1ccc2c(c1)C(=O)N(C[C@@]1(c3ccc(-c4nccc(C(F)(F)F)n4)cc3)NC(=O)NC1=O)C2. The molecule has 36 heavy (non-hydrogen) atoms. The van der Waals surface area contributed by atoms with Gasteiger partial charge in [0.25, 0.3) is 11.8 Å². The summed E-state index contributed by atoms with van der Waals surface area (Å²) in [6, 6.07) is 11.0. The van der Waals surface area contributed by atoms with Crippen molar-refractivity contribution in [1.29, 1.82) is 0 Å². The minimum absolute atomic E-state index is 0.149. The zero-order valence-corrected chi connectivity index (χ0v) is 18.7. The Hall–Kier alpha value is -4.48. The van der Waals surface area contributed by atoms with E-state index in [1.54, 1.807) is 18.2 Å². The number of carbonyl (C=O) groups excluding carboxylic acids is 3. The number of carbonyl (C=O) groups is 3. The van der Waals surface area contributed by atoms with Crippen LogP contribution in [0.5, 0.6) is 5.75 Å². The number of benzene rings is 2. The highest BCUT2D eigenvalue weighted by Crippen LogP contribution is 2.34. The Labute approximate surface area is 202 Å². The van der Waals surface area contributed by atoms with E-state index in [4.69, 9.17) is 4.74 Å². The Balaban J connectivity index is 1.47. The molecule has 2 N–H and O–H groups in total. The average Bonchev–Trinajstić information content (AvgIpc) is 3.33. The number of ether oxygens (including phenoxy) is 1. The molecular weight excluding hydrogens is 479 g/mol. The van der Waals surface area contributed by atoms with E-state index in [1.807, 2.05) is 0 Å². The monoisotopic (exact) mass is 497 g/mol. The number of urea groups is 1. The Morgan fingerprint density at radius 3 is 2.47 bits per heavy atom. The van der Waals surface area contributed by atoms with Gasteiger partial charge in [0.15, 0.2) is 11.4 Å². The fourth-order valence-electron chi connectivity index (χ4n) is 4.34. The van der Waals surface area contributed by atoms with E-state index < -0.39 is 29.3 Å². The third kappa shape index (κ3) is 3.89. The van der Waals surface area contributed by atoms with Gasteiger partial charge in [0.05, 0.1) is 13.7 Å². The maximum Gasteiger partial charge on any atom is 0.433 e. The number of alkyl halides is 3. The van der Waals surface area contributed by atoms with Crippen molar-refractivity contribution in [2.45, 2.75) is 18.3 Å². The van der Waals surface area contributed by atoms with Gasteiger partial charge in [0.1, 0.15) is 11.4 Å². The van der Waals surface area contributed by atoms with Gasteiger partial charge in [-0.2, -0.15) is 13.2 Å². The molecule has 2 aliphatic heterocycles. The van der Waals surface area contributed by atoms with Gasteiger partial charge in [-0.15, -0.1) is 0 Å². The minimum Gasteiger partial charge on any atom is -0.497 e. The second kappa shape index (κ2) is 8.33. The molecule has 3 aromatic rings. The maximum absolute atomic E-state index is 13.1. The molecule has 0 saturated carbocycles. The second-order valence-corrected chi connectivity index (χ2v) is 8.34. The van der Waals surface area contributed by atoms with Crippen molar-refractivity contribution in [3.63, 3.8) is 0 Å². The van der Waals surface area contributed by atoms with Gasteiger partial charge in [0.2, 0.25) is 0 Å². The number of hydrogen-bond acceptors (Lipinski definition) is 6. The van der Waals surface area contributed by atoms with Gasteiger partial charge in [0, 0.05) is 23.9 Å². The van der Waals surface area contributed by atoms with Crippen molar-refractivity contribution in [2.75, 3.05) is 13.7 Å². The quantitative estimate of drug-likeness (QED) is 0.524. The van der Waals surface area contributed by atoms with Gasteiger partial charge in [-0.25, -0.2) is 14.8 Å². The van der Waals surface area contributed by atoms with Crippen LogP contribution < -0.4 is 15.4 Å². The van der Waals surface area contributed by atoms with Gasteiger partial charge in [-0.05, 0) is 29.3 Å². The number of aromatic nitrogens is 2. The number of amides is 4. The third-order valence-electron chi connectivity index (χ3n) is 6.15. The lowest BCUT2D eigenvalue weighted by atomic mass is 9.88. The van der Waals surface area contributed by atoms with Gasteiger partial charge in [-0.3, -0.25) is 14.9 Å². The van der Waals surface area contributed by atoms with Crippen LogP contribution in [-0.4, -0.2) is 46.4 Å². The minimum atomic E-state index is -4.63. The van der Waals surface area contributed by atoms with E-state index in [1.165, 1.54) is 36.3 Å². The Bertz CT molecular complexity index is 1390. The summed E-state index contributed by atoms with van der Waals surface area (Å²) >= 11 is 0. The Morgan fingerprint density at radius 2 is 1.83 bits per heavy atom. The molecule has 4 amide bonds. The highest BCUT2D eigenvalue weighted by atomic mass is 19.4. The molecule has 0 unspecified atom stereocenters. The summed E-state index contributed by atoms with van der Waals surface area (Å²) < 4.78 is 44.3. The molecule has 2 aliphatic rings. The lowest BCUT2D eigenvalue weighted by Crippen LogP contribution is -2.52. The fourth-order valence-corrected chi connectivity index (χ4v) is 4.34. The molecule has 184 valence electrons. The molecule has 12 heteroatoms. The van der Waals surface area contributed by atoms with Crippen molar-refractivity contribution in [3.05, 3.63) is 77.1 Å². The molecule has 1 fully saturated rings. The van der Waals surface area contributed by atoms with Crippen LogP contribution in [0.1, 0.15) is 27.2 Å². The van der Waals surface area contributed by atoms with Crippen LogP contribution in [0.3, 0.4) is 0 Å². The van der Waals surface area contributed by atoms with Crippen LogP contribution >= 0.6 is 0 Å². The predicted octanol–water partition coefficient (Wildman–Crippen LogP) is 2.86. The fraction of sp³-hybridized carbons (Fsp3) is 0.208. The second-order valence-electron chi connectivity index (χ2n) is 8.34. The zero-order valence-electron chi connectivity index (χ0n) is 18.7. The van der Waals surface area contributed by atoms with Crippen LogP contribution in [0, 0.1) is 0 Å². The molecule has 0 radical (unpaired) electrons. The van der Waals surface area contributed by atoms with Crippen molar-refractivity contribution >= 4 is 17.8 Å². The van der Waals surface area contributed by atoms with E-state index in [2.05, 4.69) is 20.6 Å². The summed E-state index contributed by atoms with van der Waals surface area (Å²) in [5.41, 5.74) is -0.890. The van der Waals surface area contributed by atoms with Crippen LogP contribution in [0.15, 0.2) is 54.7 Å². The molecule has 0 aliphatic carbocycles. The van der Waals surface area contributed by atoms with E-state index in [0.29, 0.717) is 16.9 Å². The number of rotatable bonds is 5. The summed E-state index contributed by atoms with van der Waals surface area (Å²) in [5.74, 6) is -0.620. The average molecular weight is 497 g/mol. The molecule has 2 aromatic carbocycles. The highest BCUT2D eigenvalue weighted by molar-refractivity contribution is 6.08. The summed E-state index contributed by atoms with van der Waals surface area (Å²) in [7, 11) is 1.49. The summed E-state index contributed by atoms with van der Waals surface area (Å²) in [6.45, 7) is 0.0546. The number of imide groups is 1. The van der Waals surface area contributed by atoms with Crippen molar-refractivity contribution in [3.8, 4) is 17.1 Å². The maximum atomic E-state index is 13.1. The lowest BCUT2D eigenvalue weighted by molar-refractivity contribution is -0.141. The van der Waals surface area contributed by atoms with Crippen LogP contribution in [0.25, 0.3) is 11.4 Å². The number of hydrogen-bond donors (Lipinski definition) is 2. The number of methoxy groups -OCH3 is 1. The third-order valence-corrected chi connectivity index (χ3v) is 6.15. The molecule has 1 atom stereocenters. The van der Waals surface area contributed by atoms with Crippen LogP contribution in [-0.2, 0) is 23.1 Å². The first-order valence-corrected chi connectivity index (χ1v) is 10.7. The number of nitrogens with one attached hydrogen (secondary N) is 2. The Morgan fingerprint density at radius 1 is 1.08 bits per heavy atom. The standard InChI is InChI=1S/C24H18F3N5O4/c1-36-16-7-4-14-11-32(20(33)17(14)10-16)12-23(21(34)30-22(35)31-23)15-5-2-13(3-6-15)19-28-9-8-18(29-19)24(25,26)27/h2-10H,11-12H2,1H3,(H2,30,31,34,35)/t23-/m0/s1. The molecule has 1 saturated heterocycles. The van der Waals surface area contributed by atoms with Crippen molar-refractivity contribution in [1.82, 2.24) is 25.5 Å². The van der Waals surface area contributed by atoms with E-state index in [-0.39, 0.29) is 30.4 Å². The summed E-state index contributed by atoms with van der Waals surface area (Å²) in [6.07, 6.45) is -3.62. The lowest BCUT2D eigenvalue weighted by Gasteiger charge is -2.31. The molecule has 0 spiro atoms. The summed E-state index contributed by atoms with van der Waals surface area (Å²) in [4.78, 5) is 47.1. The highest BCUT2D eigenvalue weighted by Gasteiger charge is 2.50. The first-order valence-electron chi connectivity index (χ1n) is 10.7. The zero-order chi connectivity index (χ0) is 25.7. The van der Waals surface area contributed by atoms with E-state index >= 15 is 0 Å². The first-order chi connectivity index (χ1) is 17.1. The van der Waals surface area contributed by atoms with E-state index in [0.717, 1.165) is 17.8 Å². The van der Waals surface area contributed by atoms with Crippen molar-refractivity contribution < 1.29 is 32.3 Å². The molecule has 0 bridgehead atoms. The molecular formula is C24H18F3N5O4. The largest absolute Gasteiger partial charge is 0.497 e. The smallest absolute Gasteiger partial charge is 0.433 e. The van der Waals surface area contributed by atoms with Crippen LogP contribution in [0.4, 0.5) is 18.0 Å². The van der Waals surface area contributed by atoms with E-state index in [9.17, 15) is 27.6 Å². The number of halogens is 3. The Kier molecular flexibility index (Phi) is 5.38. The number of nitrogens with zero attached hydrogens (tertiary/aromatic N) is 3. The molecule has 9 nitrogen and oxygen atoms in total. The number of fused-ring (bicyclic) bond motifs is 1. The molecule has 1 aromatic heterocycles. The van der Waals surface area contributed by atoms with Crippen LogP contribution in [0.2, 0.25) is 0 Å². The first kappa shape index (κ1) is 23.3. The molecule has 5 rings (SSSR count). The predicted molar refractivity (Wildman–Crippen MR) is 119 cm³/mol. The molecule has 3 heterocycles. The van der Waals surface area contributed by atoms with Crippen molar-refractivity contribution in [2.24, 2.45) is 0 Å². The van der Waals surface area contributed by atoms with Gasteiger partial charge < -0.3 is 15.0 Å².